The van der Waals surface area contributed by atoms with E-state index < -0.39 is 0 Å². The topological polar surface area (TPSA) is 46.3 Å². The van der Waals surface area contributed by atoms with Crippen LogP contribution in [0.25, 0.3) is 0 Å². The average molecular weight is 282 g/mol. The number of anilines is 2. The van der Waals surface area contributed by atoms with Crippen LogP contribution in [0.2, 0.25) is 0 Å². The first kappa shape index (κ1) is 15.1. The molecule has 0 aromatic heterocycles. The van der Waals surface area contributed by atoms with Crippen LogP contribution in [0.5, 0.6) is 0 Å². The summed E-state index contributed by atoms with van der Waals surface area (Å²) in [5.41, 5.74) is 10.2. The summed E-state index contributed by atoms with van der Waals surface area (Å²) in [6, 6.07) is 13.4. The van der Waals surface area contributed by atoms with E-state index in [0.29, 0.717) is 12.2 Å². The van der Waals surface area contributed by atoms with Crippen LogP contribution in [-0.2, 0) is 0 Å². The number of carbonyl (C=O) groups excluding carboxylic acids is 1. The highest BCUT2D eigenvalue weighted by Gasteiger charge is 2.18. The highest BCUT2D eigenvalue weighted by Crippen LogP contribution is 2.21. The van der Waals surface area contributed by atoms with Gasteiger partial charge in [0.15, 0.2) is 0 Å². The number of hydrogen-bond acceptors (Lipinski definition) is 2. The number of hydrogen-bond donors (Lipinski definition) is 1. The third-order valence-electron chi connectivity index (χ3n) is 3.51. The van der Waals surface area contributed by atoms with Gasteiger partial charge in [-0.1, -0.05) is 24.6 Å². The first-order valence-corrected chi connectivity index (χ1v) is 7.27. The summed E-state index contributed by atoms with van der Waals surface area (Å²) >= 11 is 0. The molecule has 0 bridgehead atoms. The van der Waals surface area contributed by atoms with Gasteiger partial charge in [0, 0.05) is 23.5 Å². The van der Waals surface area contributed by atoms with E-state index in [2.05, 4.69) is 6.92 Å². The Labute approximate surface area is 126 Å². The Kier molecular flexibility index (Phi) is 4.63. The lowest BCUT2D eigenvalue weighted by molar-refractivity contribution is 0.0986. The van der Waals surface area contributed by atoms with Crippen LogP contribution >= 0.6 is 0 Å². The van der Waals surface area contributed by atoms with Crippen molar-refractivity contribution in [3.63, 3.8) is 0 Å². The predicted octanol–water partition coefficient (Wildman–Crippen LogP) is 3.94. The second kappa shape index (κ2) is 6.44. The van der Waals surface area contributed by atoms with Gasteiger partial charge in [0.1, 0.15) is 0 Å². The number of benzene rings is 2. The maximum atomic E-state index is 12.8. The van der Waals surface area contributed by atoms with Crippen molar-refractivity contribution in [3.05, 3.63) is 59.2 Å². The van der Waals surface area contributed by atoms with Crippen molar-refractivity contribution in [2.24, 2.45) is 0 Å². The molecular weight excluding hydrogens is 260 g/mol. The molecule has 0 aliphatic rings. The summed E-state index contributed by atoms with van der Waals surface area (Å²) in [6.45, 7) is 6.77. The van der Waals surface area contributed by atoms with Crippen LogP contribution in [0.3, 0.4) is 0 Å². The molecule has 2 aromatic rings. The number of nitrogens with two attached hydrogens (primary N) is 1. The second-order valence-corrected chi connectivity index (χ2v) is 5.37. The monoisotopic (exact) mass is 282 g/mol. The van der Waals surface area contributed by atoms with E-state index in [1.54, 1.807) is 0 Å². The lowest BCUT2D eigenvalue weighted by atomic mass is 10.0. The van der Waals surface area contributed by atoms with E-state index in [9.17, 15) is 4.79 Å². The fraction of sp³-hybridized carbons (Fsp3) is 0.278. The van der Waals surface area contributed by atoms with Gasteiger partial charge in [0.05, 0.1) is 0 Å². The van der Waals surface area contributed by atoms with Crippen LogP contribution in [0.1, 0.15) is 34.8 Å². The van der Waals surface area contributed by atoms with Gasteiger partial charge >= 0.3 is 0 Å². The number of nitrogen functional groups attached to an aromatic ring is 1. The van der Waals surface area contributed by atoms with E-state index in [0.717, 1.165) is 23.2 Å². The van der Waals surface area contributed by atoms with Crippen molar-refractivity contribution in [2.45, 2.75) is 27.2 Å². The Morgan fingerprint density at radius 3 is 2.33 bits per heavy atom. The Bertz CT molecular complexity index is 632. The van der Waals surface area contributed by atoms with Crippen LogP contribution in [0.4, 0.5) is 11.4 Å². The third kappa shape index (κ3) is 3.43. The fourth-order valence-corrected chi connectivity index (χ4v) is 2.42. The standard InChI is InChI=1S/C18H22N2O/c1-4-11-20(16-8-6-15(19)7-9-16)18(21)17-10-5-13(2)12-14(17)3/h5-10,12H,4,11,19H2,1-3H3. The zero-order chi connectivity index (χ0) is 15.4. The highest BCUT2D eigenvalue weighted by molar-refractivity contribution is 6.07. The Morgan fingerprint density at radius 2 is 1.76 bits per heavy atom. The lowest BCUT2D eigenvalue weighted by Crippen LogP contribution is -2.32. The van der Waals surface area contributed by atoms with Crippen LogP contribution in [0.15, 0.2) is 42.5 Å². The maximum absolute atomic E-state index is 12.8. The lowest BCUT2D eigenvalue weighted by Gasteiger charge is -2.23. The summed E-state index contributed by atoms with van der Waals surface area (Å²) in [7, 11) is 0. The molecular formula is C18H22N2O. The molecule has 2 N–H and O–H groups in total. The molecule has 0 radical (unpaired) electrons. The van der Waals surface area contributed by atoms with Gasteiger partial charge in [-0.3, -0.25) is 4.79 Å². The largest absolute Gasteiger partial charge is 0.399 e. The average Bonchev–Trinajstić information content (AvgIpc) is 2.45. The molecule has 0 aliphatic carbocycles. The smallest absolute Gasteiger partial charge is 0.258 e. The molecule has 0 aliphatic heterocycles. The van der Waals surface area contributed by atoms with Gasteiger partial charge in [-0.25, -0.2) is 0 Å². The fourth-order valence-electron chi connectivity index (χ4n) is 2.42. The number of carbonyl (C=O) groups is 1. The minimum absolute atomic E-state index is 0.0409. The Balaban J connectivity index is 2.37. The van der Waals surface area contributed by atoms with Crippen molar-refractivity contribution in [1.82, 2.24) is 0 Å². The molecule has 1 amide bonds. The molecule has 110 valence electrons. The first-order valence-electron chi connectivity index (χ1n) is 7.27. The summed E-state index contributed by atoms with van der Waals surface area (Å²) in [5, 5.41) is 0. The zero-order valence-corrected chi connectivity index (χ0v) is 12.9. The normalized spacial score (nSPS) is 10.4. The summed E-state index contributed by atoms with van der Waals surface area (Å²) in [5.74, 6) is 0.0409. The molecule has 0 heterocycles. The summed E-state index contributed by atoms with van der Waals surface area (Å²) < 4.78 is 0. The SMILES string of the molecule is CCCN(C(=O)c1ccc(C)cc1C)c1ccc(N)cc1. The second-order valence-electron chi connectivity index (χ2n) is 5.37. The van der Waals surface area contributed by atoms with E-state index >= 15 is 0 Å². The van der Waals surface area contributed by atoms with Crippen LogP contribution in [-0.4, -0.2) is 12.5 Å². The van der Waals surface area contributed by atoms with Crippen molar-refractivity contribution in [1.29, 1.82) is 0 Å². The highest BCUT2D eigenvalue weighted by atomic mass is 16.2. The predicted molar refractivity (Wildman–Crippen MR) is 88.7 cm³/mol. The molecule has 3 nitrogen and oxygen atoms in total. The van der Waals surface area contributed by atoms with Gasteiger partial charge in [0.25, 0.3) is 5.91 Å². The maximum Gasteiger partial charge on any atom is 0.258 e. The van der Waals surface area contributed by atoms with Crippen molar-refractivity contribution in [3.8, 4) is 0 Å². The molecule has 0 spiro atoms. The molecule has 0 saturated carbocycles. The summed E-state index contributed by atoms with van der Waals surface area (Å²) in [6.07, 6.45) is 0.904. The van der Waals surface area contributed by atoms with Gasteiger partial charge < -0.3 is 10.6 Å². The van der Waals surface area contributed by atoms with E-state index in [1.165, 1.54) is 5.56 Å². The minimum atomic E-state index is 0.0409. The molecule has 3 heteroatoms. The number of aryl methyl sites for hydroxylation is 2. The van der Waals surface area contributed by atoms with E-state index in [4.69, 9.17) is 5.73 Å². The van der Waals surface area contributed by atoms with Crippen molar-refractivity contribution in [2.75, 3.05) is 17.2 Å². The van der Waals surface area contributed by atoms with Crippen LogP contribution in [0, 0.1) is 13.8 Å². The molecule has 21 heavy (non-hydrogen) atoms. The Hall–Kier alpha value is -2.29. The quantitative estimate of drug-likeness (QED) is 0.863. The summed E-state index contributed by atoms with van der Waals surface area (Å²) in [4.78, 5) is 14.7. The third-order valence-corrected chi connectivity index (χ3v) is 3.51. The molecule has 2 aromatic carbocycles. The van der Waals surface area contributed by atoms with Gasteiger partial charge in [-0.2, -0.15) is 0 Å². The van der Waals surface area contributed by atoms with Crippen LogP contribution < -0.4 is 10.6 Å². The Morgan fingerprint density at radius 1 is 1.10 bits per heavy atom. The number of nitrogens with zero attached hydrogens (tertiary/aromatic N) is 1. The molecule has 0 atom stereocenters. The van der Waals surface area contributed by atoms with E-state index in [-0.39, 0.29) is 5.91 Å². The number of rotatable bonds is 4. The van der Waals surface area contributed by atoms with Gasteiger partial charge in [-0.15, -0.1) is 0 Å². The minimum Gasteiger partial charge on any atom is -0.399 e. The molecule has 2 rings (SSSR count). The van der Waals surface area contributed by atoms with Crippen molar-refractivity contribution >= 4 is 17.3 Å². The molecule has 0 saturated heterocycles. The van der Waals surface area contributed by atoms with E-state index in [1.807, 2.05) is 61.2 Å². The molecule has 0 fully saturated rings. The zero-order valence-electron chi connectivity index (χ0n) is 12.9. The van der Waals surface area contributed by atoms with Crippen molar-refractivity contribution < 1.29 is 4.79 Å². The molecule has 0 unspecified atom stereocenters. The van der Waals surface area contributed by atoms with Gasteiger partial charge in [0.2, 0.25) is 0 Å². The first-order chi connectivity index (χ1) is 10.0. The van der Waals surface area contributed by atoms with Gasteiger partial charge in [-0.05, 0) is 56.2 Å². The number of amides is 1.